The molecule has 1 aliphatic heterocycles. The molecule has 1 saturated heterocycles. The zero-order valence-corrected chi connectivity index (χ0v) is 18.4. The molecule has 3 aromatic heterocycles. The highest BCUT2D eigenvalue weighted by atomic mass is 32.1. The van der Waals surface area contributed by atoms with E-state index < -0.39 is 0 Å². The Bertz CT molecular complexity index is 1090. The van der Waals surface area contributed by atoms with Crippen LogP contribution < -0.4 is 5.56 Å². The van der Waals surface area contributed by atoms with Crippen LogP contribution in [0.3, 0.4) is 0 Å². The molecule has 8 heteroatoms. The van der Waals surface area contributed by atoms with Crippen LogP contribution >= 0.6 is 11.3 Å². The van der Waals surface area contributed by atoms with E-state index in [-0.39, 0.29) is 23.4 Å². The van der Waals surface area contributed by atoms with Crippen LogP contribution in [0.5, 0.6) is 0 Å². The van der Waals surface area contributed by atoms with Crippen LogP contribution in [-0.2, 0) is 11.3 Å². The number of aryl methyl sites for hydroxylation is 2. The minimum absolute atomic E-state index is 0.101. The summed E-state index contributed by atoms with van der Waals surface area (Å²) < 4.78 is 3.47. The fourth-order valence-corrected chi connectivity index (χ4v) is 4.80. The van der Waals surface area contributed by atoms with Crippen molar-refractivity contribution < 1.29 is 4.79 Å². The Labute approximate surface area is 180 Å². The van der Waals surface area contributed by atoms with E-state index >= 15 is 0 Å². The lowest BCUT2D eigenvalue weighted by molar-refractivity contribution is -0.137. The molecular formula is C22H27N5O2S. The Morgan fingerprint density at radius 1 is 1.27 bits per heavy atom. The lowest BCUT2D eigenvalue weighted by Gasteiger charge is -2.34. The van der Waals surface area contributed by atoms with E-state index in [1.54, 1.807) is 28.2 Å². The summed E-state index contributed by atoms with van der Waals surface area (Å²) in [6, 6.07) is 9.24. The molecule has 0 aliphatic carbocycles. The quantitative estimate of drug-likeness (QED) is 0.629. The molecule has 0 aromatic carbocycles. The highest BCUT2D eigenvalue weighted by Gasteiger charge is 2.29. The van der Waals surface area contributed by atoms with Crippen molar-refractivity contribution in [1.82, 2.24) is 24.5 Å². The normalized spacial score (nSPS) is 17.8. The molecule has 0 unspecified atom stereocenters. The molecule has 7 nitrogen and oxygen atoms in total. The Morgan fingerprint density at radius 3 is 2.80 bits per heavy atom. The fourth-order valence-electron chi connectivity index (χ4n) is 4.11. The van der Waals surface area contributed by atoms with Crippen LogP contribution in [-0.4, -0.2) is 43.5 Å². The van der Waals surface area contributed by atoms with Crippen molar-refractivity contribution in [2.75, 3.05) is 13.1 Å². The molecule has 1 amide bonds. The Kier molecular flexibility index (Phi) is 5.85. The average molecular weight is 426 g/mol. The lowest BCUT2D eigenvalue weighted by Crippen LogP contribution is -2.45. The van der Waals surface area contributed by atoms with Gasteiger partial charge >= 0.3 is 0 Å². The number of hydrogen-bond donors (Lipinski definition) is 0. The van der Waals surface area contributed by atoms with Crippen molar-refractivity contribution in [1.29, 1.82) is 0 Å². The molecule has 0 saturated carbocycles. The van der Waals surface area contributed by atoms with Gasteiger partial charge in [0.15, 0.2) is 0 Å². The van der Waals surface area contributed by atoms with E-state index in [2.05, 4.69) is 10.2 Å². The summed E-state index contributed by atoms with van der Waals surface area (Å²) in [5.41, 5.74) is 2.70. The predicted octanol–water partition coefficient (Wildman–Crippen LogP) is 3.28. The van der Waals surface area contributed by atoms with E-state index in [1.807, 2.05) is 53.9 Å². The van der Waals surface area contributed by atoms with E-state index in [1.165, 1.54) is 0 Å². The van der Waals surface area contributed by atoms with Crippen LogP contribution in [0.25, 0.3) is 10.6 Å². The number of hydrogen-bond acceptors (Lipinski definition) is 5. The van der Waals surface area contributed by atoms with Crippen LogP contribution in [0.15, 0.2) is 40.5 Å². The van der Waals surface area contributed by atoms with Crippen molar-refractivity contribution in [3.8, 4) is 10.6 Å². The first-order valence-corrected chi connectivity index (χ1v) is 11.2. The number of thiophene rings is 1. The minimum atomic E-state index is -0.177. The highest BCUT2D eigenvalue weighted by Crippen LogP contribution is 2.25. The largest absolute Gasteiger partial charge is 0.340 e. The second-order valence-corrected chi connectivity index (χ2v) is 9.02. The number of aromatic nitrogens is 4. The second-order valence-electron chi connectivity index (χ2n) is 8.07. The monoisotopic (exact) mass is 425 g/mol. The molecule has 158 valence electrons. The fraction of sp³-hybridized carbons (Fsp3) is 0.455. The van der Waals surface area contributed by atoms with Gasteiger partial charge in [-0.1, -0.05) is 13.0 Å². The van der Waals surface area contributed by atoms with E-state index in [9.17, 15) is 9.59 Å². The summed E-state index contributed by atoms with van der Waals surface area (Å²) in [4.78, 5) is 28.6. The van der Waals surface area contributed by atoms with Gasteiger partial charge in [0.1, 0.15) is 5.69 Å². The number of carbonyl (C=O) groups excluding carboxylic acids is 1. The molecule has 2 atom stereocenters. The van der Waals surface area contributed by atoms with Gasteiger partial charge in [0.25, 0.3) is 5.56 Å². The van der Waals surface area contributed by atoms with Gasteiger partial charge in [-0.3, -0.25) is 14.3 Å². The first kappa shape index (κ1) is 20.5. The SMILES string of the molecule is Cc1cc(C)n(C[C@@H](C)C(=O)N2CCC[C@H](n3nc(-c4cccs4)ccc3=O)C2)n1. The molecule has 0 radical (unpaired) electrons. The Hall–Kier alpha value is -2.74. The summed E-state index contributed by atoms with van der Waals surface area (Å²) in [5.74, 6) is -0.0707. The van der Waals surface area contributed by atoms with Gasteiger partial charge in [-0.25, -0.2) is 4.68 Å². The Balaban J connectivity index is 1.49. The third kappa shape index (κ3) is 4.23. The molecular weight excluding hydrogens is 398 g/mol. The molecule has 4 rings (SSSR count). The molecule has 3 aromatic rings. The highest BCUT2D eigenvalue weighted by molar-refractivity contribution is 7.13. The summed E-state index contributed by atoms with van der Waals surface area (Å²) in [5, 5.41) is 11.1. The van der Waals surface area contributed by atoms with Gasteiger partial charge in [0.05, 0.1) is 29.1 Å². The molecule has 0 spiro atoms. The standard InChI is InChI=1S/C22H27N5O2S/c1-15(13-26-17(3)12-16(2)23-26)22(29)25-10-4-6-18(14-25)27-21(28)9-8-19(24-27)20-7-5-11-30-20/h5,7-9,11-12,15,18H,4,6,10,13-14H2,1-3H3/t15-,18+/m1/s1. The predicted molar refractivity (Wildman–Crippen MR) is 118 cm³/mol. The number of carbonyl (C=O) groups is 1. The van der Waals surface area contributed by atoms with Crippen molar-refractivity contribution >= 4 is 17.2 Å². The smallest absolute Gasteiger partial charge is 0.267 e. The van der Waals surface area contributed by atoms with Crippen LogP contribution in [0.1, 0.15) is 37.2 Å². The summed E-state index contributed by atoms with van der Waals surface area (Å²) in [6.07, 6.45) is 1.71. The average Bonchev–Trinajstić information content (AvgIpc) is 3.38. The van der Waals surface area contributed by atoms with Crippen molar-refractivity contribution in [3.63, 3.8) is 0 Å². The van der Waals surface area contributed by atoms with Gasteiger partial charge in [0.2, 0.25) is 5.91 Å². The zero-order chi connectivity index (χ0) is 21.3. The Morgan fingerprint density at radius 2 is 2.10 bits per heavy atom. The first-order chi connectivity index (χ1) is 14.4. The topological polar surface area (TPSA) is 73.0 Å². The minimum Gasteiger partial charge on any atom is -0.340 e. The van der Waals surface area contributed by atoms with Gasteiger partial charge in [-0.15, -0.1) is 11.3 Å². The van der Waals surface area contributed by atoms with Crippen molar-refractivity contribution in [2.45, 2.75) is 46.2 Å². The van der Waals surface area contributed by atoms with Crippen molar-refractivity contribution in [2.24, 2.45) is 5.92 Å². The number of nitrogens with zero attached hydrogens (tertiary/aromatic N) is 5. The van der Waals surface area contributed by atoms with Crippen molar-refractivity contribution in [3.05, 3.63) is 57.5 Å². The van der Waals surface area contributed by atoms with Gasteiger partial charge in [-0.05, 0) is 50.3 Å². The van der Waals surface area contributed by atoms with E-state index in [0.29, 0.717) is 13.1 Å². The maximum absolute atomic E-state index is 13.1. The maximum atomic E-state index is 13.1. The summed E-state index contributed by atoms with van der Waals surface area (Å²) in [6.45, 7) is 7.71. The molecule has 0 N–H and O–H groups in total. The summed E-state index contributed by atoms with van der Waals surface area (Å²) in [7, 11) is 0. The molecule has 4 heterocycles. The third-order valence-electron chi connectivity index (χ3n) is 5.62. The first-order valence-electron chi connectivity index (χ1n) is 10.4. The van der Waals surface area contributed by atoms with Gasteiger partial charge in [-0.2, -0.15) is 10.2 Å². The molecule has 1 fully saturated rings. The number of rotatable bonds is 5. The molecule has 30 heavy (non-hydrogen) atoms. The lowest BCUT2D eigenvalue weighted by atomic mass is 10.0. The number of likely N-dealkylation sites (tertiary alicyclic amines) is 1. The maximum Gasteiger partial charge on any atom is 0.267 e. The second kappa shape index (κ2) is 8.55. The van der Waals surface area contributed by atoms with Crippen LogP contribution in [0.4, 0.5) is 0 Å². The molecule has 1 aliphatic rings. The van der Waals surface area contributed by atoms with E-state index in [4.69, 9.17) is 0 Å². The van der Waals surface area contributed by atoms with Gasteiger partial charge < -0.3 is 4.90 Å². The number of amides is 1. The molecule has 0 bridgehead atoms. The van der Waals surface area contributed by atoms with E-state index in [0.717, 1.165) is 41.3 Å². The van der Waals surface area contributed by atoms with Crippen LogP contribution in [0.2, 0.25) is 0 Å². The summed E-state index contributed by atoms with van der Waals surface area (Å²) >= 11 is 1.60. The zero-order valence-electron chi connectivity index (χ0n) is 17.6. The number of piperidine rings is 1. The van der Waals surface area contributed by atoms with Gasteiger partial charge in [0, 0.05) is 24.8 Å². The third-order valence-corrected chi connectivity index (χ3v) is 6.52. The van der Waals surface area contributed by atoms with Crippen LogP contribution in [0, 0.1) is 19.8 Å².